The first kappa shape index (κ1) is 17.0. The Morgan fingerprint density at radius 3 is 2.43 bits per heavy atom. The summed E-state index contributed by atoms with van der Waals surface area (Å²) < 4.78 is 0. The molecule has 0 aliphatic rings. The van der Waals surface area contributed by atoms with E-state index in [1.54, 1.807) is 6.07 Å². The second kappa shape index (κ2) is 6.58. The number of rotatable bonds is 5. The molecule has 0 saturated heterocycles. The minimum absolute atomic E-state index is 0.0398. The molecule has 0 aliphatic carbocycles. The summed E-state index contributed by atoms with van der Waals surface area (Å²) in [5, 5.41) is 14.3. The van der Waals surface area contributed by atoms with Crippen molar-refractivity contribution in [3.05, 3.63) is 28.8 Å². The van der Waals surface area contributed by atoms with Gasteiger partial charge < -0.3 is 15.7 Å². The molecule has 1 rings (SSSR count). The smallest absolute Gasteiger partial charge is 0.310 e. The van der Waals surface area contributed by atoms with Crippen molar-refractivity contribution in [1.82, 2.24) is 5.32 Å². The monoisotopic (exact) mass is 312 g/mol. The second-order valence-corrected chi connectivity index (χ2v) is 5.65. The first-order valence-corrected chi connectivity index (χ1v) is 6.60. The van der Waals surface area contributed by atoms with Crippen LogP contribution in [0.3, 0.4) is 0 Å². The molecule has 114 valence electrons. The van der Waals surface area contributed by atoms with Crippen molar-refractivity contribution in [2.24, 2.45) is 5.41 Å². The fourth-order valence-electron chi connectivity index (χ4n) is 1.45. The lowest BCUT2D eigenvalue weighted by molar-refractivity contribution is -0.146. The number of carbonyl (C=O) groups is 3. The molecule has 0 atom stereocenters. The number of hydrogen-bond donors (Lipinski definition) is 3. The van der Waals surface area contributed by atoms with E-state index in [0.717, 1.165) is 0 Å². The van der Waals surface area contributed by atoms with E-state index in [2.05, 4.69) is 10.6 Å². The van der Waals surface area contributed by atoms with Crippen LogP contribution in [0.5, 0.6) is 0 Å². The van der Waals surface area contributed by atoms with Crippen molar-refractivity contribution in [3.8, 4) is 0 Å². The predicted octanol–water partition coefficient (Wildman–Crippen LogP) is 2.14. The van der Waals surface area contributed by atoms with Gasteiger partial charge in [0.25, 0.3) is 5.91 Å². The Hall–Kier alpha value is -2.08. The van der Waals surface area contributed by atoms with Gasteiger partial charge >= 0.3 is 5.97 Å². The van der Waals surface area contributed by atoms with E-state index in [0.29, 0.717) is 5.69 Å². The third kappa shape index (κ3) is 4.75. The Bertz CT molecular complexity index is 584. The standard InChI is InChI=1S/C14H17ClN2O4/c1-8(18)17-9-4-5-11(15)10(6-9)12(19)16-7-14(2,3)13(20)21/h4-6H,7H2,1-3H3,(H,16,19)(H,17,18)(H,20,21). The van der Waals surface area contributed by atoms with Crippen LogP contribution < -0.4 is 10.6 Å². The van der Waals surface area contributed by atoms with Gasteiger partial charge in [-0.15, -0.1) is 0 Å². The van der Waals surface area contributed by atoms with Crippen LogP contribution in [0.25, 0.3) is 0 Å². The molecule has 0 radical (unpaired) electrons. The van der Waals surface area contributed by atoms with E-state index in [4.69, 9.17) is 16.7 Å². The number of hydrogen-bond acceptors (Lipinski definition) is 3. The SMILES string of the molecule is CC(=O)Nc1ccc(Cl)c(C(=O)NCC(C)(C)C(=O)O)c1. The molecule has 0 spiro atoms. The molecule has 3 N–H and O–H groups in total. The molecular formula is C14H17ClN2O4. The lowest BCUT2D eigenvalue weighted by Crippen LogP contribution is -2.39. The Morgan fingerprint density at radius 1 is 1.29 bits per heavy atom. The van der Waals surface area contributed by atoms with E-state index < -0.39 is 17.3 Å². The van der Waals surface area contributed by atoms with Crippen LogP contribution in [0.1, 0.15) is 31.1 Å². The van der Waals surface area contributed by atoms with E-state index in [1.807, 2.05) is 0 Å². The first-order valence-electron chi connectivity index (χ1n) is 6.22. The van der Waals surface area contributed by atoms with Crippen LogP contribution in [0, 0.1) is 5.41 Å². The molecular weight excluding hydrogens is 296 g/mol. The number of halogens is 1. The second-order valence-electron chi connectivity index (χ2n) is 5.25. The maximum atomic E-state index is 12.1. The van der Waals surface area contributed by atoms with Crippen molar-refractivity contribution < 1.29 is 19.5 Å². The summed E-state index contributed by atoms with van der Waals surface area (Å²) in [5.74, 6) is -1.78. The molecule has 0 bridgehead atoms. The number of nitrogens with one attached hydrogen (secondary N) is 2. The molecule has 0 fully saturated rings. The number of aliphatic carboxylic acids is 1. The molecule has 0 heterocycles. The maximum Gasteiger partial charge on any atom is 0.310 e. The van der Waals surface area contributed by atoms with E-state index in [9.17, 15) is 14.4 Å². The van der Waals surface area contributed by atoms with Crippen molar-refractivity contribution in [2.45, 2.75) is 20.8 Å². The Morgan fingerprint density at radius 2 is 1.90 bits per heavy atom. The summed E-state index contributed by atoms with van der Waals surface area (Å²) in [7, 11) is 0. The number of carboxylic acid groups (broad SMARTS) is 1. The van der Waals surface area contributed by atoms with Gasteiger partial charge in [0.15, 0.2) is 0 Å². The Labute approximate surface area is 127 Å². The summed E-state index contributed by atoms with van der Waals surface area (Å²) in [4.78, 5) is 34.1. The lowest BCUT2D eigenvalue weighted by Gasteiger charge is -2.19. The number of anilines is 1. The van der Waals surface area contributed by atoms with Gasteiger partial charge in [0.05, 0.1) is 16.0 Å². The van der Waals surface area contributed by atoms with Crippen LogP contribution in [-0.2, 0) is 9.59 Å². The highest BCUT2D eigenvalue weighted by Crippen LogP contribution is 2.21. The van der Waals surface area contributed by atoms with E-state index >= 15 is 0 Å². The van der Waals surface area contributed by atoms with Crippen LogP contribution >= 0.6 is 11.6 Å². The molecule has 0 aromatic heterocycles. The zero-order valence-electron chi connectivity index (χ0n) is 12.0. The minimum Gasteiger partial charge on any atom is -0.481 e. The predicted molar refractivity (Wildman–Crippen MR) is 79.5 cm³/mol. The van der Waals surface area contributed by atoms with E-state index in [-0.39, 0.29) is 23.0 Å². The first-order chi connectivity index (χ1) is 9.63. The summed E-state index contributed by atoms with van der Waals surface area (Å²) in [6.07, 6.45) is 0. The number of amides is 2. The van der Waals surface area contributed by atoms with Gasteiger partial charge in [-0.1, -0.05) is 11.6 Å². The third-order valence-corrected chi connectivity index (χ3v) is 3.13. The number of carboxylic acids is 1. The zero-order chi connectivity index (χ0) is 16.2. The summed E-state index contributed by atoms with van der Waals surface area (Å²) in [5.41, 5.74) is -0.476. The highest BCUT2D eigenvalue weighted by molar-refractivity contribution is 6.34. The van der Waals surface area contributed by atoms with Gasteiger partial charge in [-0.3, -0.25) is 14.4 Å². The highest BCUT2D eigenvalue weighted by atomic mass is 35.5. The van der Waals surface area contributed by atoms with Crippen LogP contribution in [0.4, 0.5) is 5.69 Å². The van der Waals surface area contributed by atoms with Gasteiger partial charge in [0.1, 0.15) is 0 Å². The Kier molecular flexibility index (Phi) is 5.32. The summed E-state index contributed by atoms with van der Waals surface area (Å²) in [6, 6.07) is 4.50. The largest absolute Gasteiger partial charge is 0.481 e. The van der Waals surface area contributed by atoms with Gasteiger partial charge in [-0.2, -0.15) is 0 Å². The van der Waals surface area contributed by atoms with Crippen molar-refractivity contribution in [3.63, 3.8) is 0 Å². The fourth-order valence-corrected chi connectivity index (χ4v) is 1.66. The molecule has 7 heteroatoms. The average Bonchev–Trinajstić information content (AvgIpc) is 2.37. The summed E-state index contributed by atoms with van der Waals surface area (Å²) in [6.45, 7) is 4.32. The zero-order valence-corrected chi connectivity index (χ0v) is 12.7. The van der Waals surface area contributed by atoms with Gasteiger partial charge in [-0.05, 0) is 32.0 Å². The molecule has 21 heavy (non-hydrogen) atoms. The van der Waals surface area contributed by atoms with Gasteiger partial charge in [0.2, 0.25) is 5.91 Å². The molecule has 0 aliphatic heterocycles. The maximum absolute atomic E-state index is 12.1. The normalized spacial score (nSPS) is 10.9. The third-order valence-electron chi connectivity index (χ3n) is 2.80. The minimum atomic E-state index is -1.09. The van der Waals surface area contributed by atoms with Crippen molar-refractivity contribution in [2.75, 3.05) is 11.9 Å². The number of benzene rings is 1. The number of carbonyl (C=O) groups excluding carboxylic acids is 2. The quantitative estimate of drug-likeness (QED) is 0.776. The summed E-state index contributed by atoms with van der Waals surface area (Å²) >= 11 is 5.95. The molecule has 0 saturated carbocycles. The topological polar surface area (TPSA) is 95.5 Å². The van der Waals surface area contributed by atoms with Gasteiger partial charge in [0, 0.05) is 19.2 Å². The van der Waals surface area contributed by atoms with Crippen LogP contribution in [0.2, 0.25) is 5.02 Å². The van der Waals surface area contributed by atoms with E-state index in [1.165, 1.54) is 32.9 Å². The average molecular weight is 313 g/mol. The highest BCUT2D eigenvalue weighted by Gasteiger charge is 2.28. The fraction of sp³-hybridized carbons (Fsp3) is 0.357. The Balaban J connectivity index is 2.87. The molecule has 1 aromatic carbocycles. The molecule has 1 aromatic rings. The van der Waals surface area contributed by atoms with Crippen LogP contribution in [-0.4, -0.2) is 29.4 Å². The molecule has 2 amide bonds. The molecule has 0 unspecified atom stereocenters. The van der Waals surface area contributed by atoms with Crippen molar-refractivity contribution in [1.29, 1.82) is 0 Å². The molecule has 6 nitrogen and oxygen atoms in total. The van der Waals surface area contributed by atoms with Crippen molar-refractivity contribution >= 4 is 35.1 Å². The van der Waals surface area contributed by atoms with Gasteiger partial charge in [-0.25, -0.2) is 0 Å². The lowest BCUT2D eigenvalue weighted by atomic mass is 9.94. The van der Waals surface area contributed by atoms with Crippen LogP contribution in [0.15, 0.2) is 18.2 Å².